The van der Waals surface area contributed by atoms with Crippen LogP contribution >= 0.6 is 0 Å². The first-order chi connectivity index (χ1) is 4.75. The molecule has 1 fully saturated rings. The molecular weight excluding hydrogens is 136 g/mol. The second-order valence-corrected chi connectivity index (χ2v) is 2.57. The van der Waals surface area contributed by atoms with E-state index in [1.807, 2.05) is 6.92 Å². The van der Waals surface area contributed by atoms with Gasteiger partial charge in [0.1, 0.15) is 12.2 Å². The highest BCUT2D eigenvalue weighted by Crippen LogP contribution is 2.19. The molecule has 0 radical (unpaired) electrons. The summed E-state index contributed by atoms with van der Waals surface area (Å²) >= 11 is 0. The van der Waals surface area contributed by atoms with Gasteiger partial charge >= 0.3 is 0 Å². The van der Waals surface area contributed by atoms with Crippen LogP contribution in [0.15, 0.2) is 0 Å². The molecule has 3 unspecified atom stereocenters. The SMILES string of the molecule is CC1COOC1C(O)CO. The monoisotopic (exact) mass is 148 g/mol. The lowest BCUT2D eigenvalue weighted by atomic mass is 10.0. The zero-order valence-electron chi connectivity index (χ0n) is 5.86. The molecule has 1 aliphatic heterocycles. The first-order valence-corrected chi connectivity index (χ1v) is 3.33. The quantitative estimate of drug-likeness (QED) is 0.509. The third-order valence-electron chi connectivity index (χ3n) is 1.64. The number of aliphatic hydroxyl groups is 2. The first kappa shape index (κ1) is 7.94. The van der Waals surface area contributed by atoms with Crippen molar-refractivity contribution in [2.75, 3.05) is 13.2 Å². The van der Waals surface area contributed by atoms with Crippen LogP contribution in [-0.2, 0) is 9.78 Å². The zero-order chi connectivity index (χ0) is 7.56. The average molecular weight is 148 g/mol. The number of hydrogen-bond acceptors (Lipinski definition) is 4. The van der Waals surface area contributed by atoms with Crippen molar-refractivity contribution in [1.82, 2.24) is 0 Å². The second-order valence-electron chi connectivity index (χ2n) is 2.57. The van der Waals surface area contributed by atoms with E-state index in [2.05, 4.69) is 4.89 Å². The van der Waals surface area contributed by atoms with Gasteiger partial charge in [-0.1, -0.05) is 6.92 Å². The molecule has 4 heteroatoms. The Labute approximate surface area is 59.3 Å². The lowest BCUT2D eigenvalue weighted by Gasteiger charge is -2.15. The van der Waals surface area contributed by atoms with E-state index in [9.17, 15) is 0 Å². The third kappa shape index (κ3) is 1.46. The highest BCUT2D eigenvalue weighted by atomic mass is 17.2. The summed E-state index contributed by atoms with van der Waals surface area (Å²) in [7, 11) is 0. The Kier molecular flexibility index (Phi) is 2.62. The first-order valence-electron chi connectivity index (χ1n) is 3.33. The Morgan fingerprint density at radius 2 is 2.40 bits per heavy atom. The molecule has 2 N–H and O–H groups in total. The highest BCUT2D eigenvalue weighted by molar-refractivity contribution is 4.75. The largest absolute Gasteiger partial charge is 0.394 e. The van der Waals surface area contributed by atoms with Gasteiger partial charge < -0.3 is 10.2 Å². The molecule has 1 rings (SSSR count). The molecule has 1 heterocycles. The van der Waals surface area contributed by atoms with Crippen LogP contribution in [0.25, 0.3) is 0 Å². The summed E-state index contributed by atoms with van der Waals surface area (Å²) in [5.74, 6) is 0.155. The number of rotatable bonds is 2. The number of aliphatic hydroxyl groups excluding tert-OH is 2. The van der Waals surface area contributed by atoms with E-state index < -0.39 is 6.10 Å². The van der Waals surface area contributed by atoms with E-state index in [-0.39, 0.29) is 18.6 Å². The van der Waals surface area contributed by atoms with Gasteiger partial charge in [0.15, 0.2) is 0 Å². The minimum atomic E-state index is -0.822. The van der Waals surface area contributed by atoms with Crippen LogP contribution in [0.5, 0.6) is 0 Å². The summed E-state index contributed by atoms with van der Waals surface area (Å²) in [6.07, 6.45) is -1.19. The minimum Gasteiger partial charge on any atom is -0.394 e. The van der Waals surface area contributed by atoms with E-state index in [1.165, 1.54) is 0 Å². The molecule has 0 spiro atoms. The van der Waals surface area contributed by atoms with E-state index in [4.69, 9.17) is 15.1 Å². The van der Waals surface area contributed by atoms with Gasteiger partial charge in [-0.15, -0.1) is 0 Å². The molecule has 3 atom stereocenters. The molecule has 10 heavy (non-hydrogen) atoms. The van der Waals surface area contributed by atoms with E-state index in [1.54, 1.807) is 0 Å². The predicted molar refractivity (Wildman–Crippen MR) is 33.1 cm³/mol. The summed E-state index contributed by atoms with van der Waals surface area (Å²) in [4.78, 5) is 9.33. The van der Waals surface area contributed by atoms with Crippen molar-refractivity contribution < 1.29 is 20.0 Å². The summed E-state index contributed by atoms with van der Waals surface area (Å²) in [6.45, 7) is 2.11. The maximum Gasteiger partial charge on any atom is 0.126 e. The lowest BCUT2D eigenvalue weighted by Crippen LogP contribution is -2.33. The van der Waals surface area contributed by atoms with Crippen LogP contribution in [0.4, 0.5) is 0 Å². The molecule has 4 nitrogen and oxygen atoms in total. The van der Waals surface area contributed by atoms with Gasteiger partial charge in [0, 0.05) is 5.92 Å². The van der Waals surface area contributed by atoms with Crippen molar-refractivity contribution >= 4 is 0 Å². The maximum atomic E-state index is 9.07. The fourth-order valence-corrected chi connectivity index (χ4v) is 0.962. The Balaban J connectivity index is 2.38. The van der Waals surface area contributed by atoms with Crippen LogP contribution in [0.3, 0.4) is 0 Å². The maximum absolute atomic E-state index is 9.07. The molecule has 1 saturated heterocycles. The fraction of sp³-hybridized carbons (Fsp3) is 1.00. The van der Waals surface area contributed by atoms with E-state index in [0.717, 1.165) is 0 Å². The smallest absolute Gasteiger partial charge is 0.126 e. The van der Waals surface area contributed by atoms with Crippen LogP contribution in [0.2, 0.25) is 0 Å². The lowest BCUT2D eigenvalue weighted by molar-refractivity contribution is -0.290. The van der Waals surface area contributed by atoms with Crippen LogP contribution < -0.4 is 0 Å². The summed E-state index contributed by atoms with van der Waals surface area (Å²) in [5, 5.41) is 17.6. The summed E-state index contributed by atoms with van der Waals surface area (Å²) in [6, 6.07) is 0. The normalized spacial score (nSPS) is 36.3. The molecule has 0 aromatic heterocycles. The van der Waals surface area contributed by atoms with Gasteiger partial charge in [0.2, 0.25) is 0 Å². The molecule has 0 aromatic rings. The molecule has 0 aliphatic carbocycles. The second kappa shape index (κ2) is 3.30. The van der Waals surface area contributed by atoms with Gasteiger partial charge in [0.05, 0.1) is 13.2 Å². The Bertz CT molecular complexity index is 106. The third-order valence-corrected chi connectivity index (χ3v) is 1.64. The minimum absolute atomic E-state index is 0.155. The van der Waals surface area contributed by atoms with Crippen molar-refractivity contribution in [3.05, 3.63) is 0 Å². The molecular formula is C6H12O4. The molecule has 0 aromatic carbocycles. The fourth-order valence-electron chi connectivity index (χ4n) is 0.962. The van der Waals surface area contributed by atoms with Crippen molar-refractivity contribution in [1.29, 1.82) is 0 Å². The molecule has 0 amide bonds. The van der Waals surface area contributed by atoms with Crippen LogP contribution in [0.1, 0.15) is 6.92 Å². The van der Waals surface area contributed by atoms with E-state index in [0.29, 0.717) is 6.61 Å². The van der Waals surface area contributed by atoms with Crippen molar-refractivity contribution in [3.8, 4) is 0 Å². The van der Waals surface area contributed by atoms with Gasteiger partial charge in [0.25, 0.3) is 0 Å². The van der Waals surface area contributed by atoms with E-state index >= 15 is 0 Å². The Morgan fingerprint density at radius 1 is 1.70 bits per heavy atom. The van der Waals surface area contributed by atoms with Crippen molar-refractivity contribution in [3.63, 3.8) is 0 Å². The summed E-state index contributed by atoms with van der Waals surface area (Å²) < 4.78 is 0. The molecule has 1 aliphatic rings. The van der Waals surface area contributed by atoms with Gasteiger partial charge in [-0.2, -0.15) is 0 Å². The van der Waals surface area contributed by atoms with Crippen LogP contribution in [0, 0.1) is 5.92 Å². The zero-order valence-corrected chi connectivity index (χ0v) is 5.86. The molecule has 0 bridgehead atoms. The van der Waals surface area contributed by atoms with Gasteiger partial charge in [-0.3, -0.25) is 0 Å². The highest BCUT2D eigenvalue weighted by Gasteiger charge is 2.32. The van der Waals surface area contributed by atoms with Crippen molar-refractivity contribution in [2.24, 2.45) is 5.92 Å². The Hall–Kier alpha value is -0.160. The standard InChI is InChI=1S/C6H12O4/c1-4-3-9-10-6(4)5(8)2-7/h4-8H,2-3H2,1H3. The van der Waals surface area contributed by atoms with Crippen LogP contribution in [-0.4, -0.2) is 35.6 Å². The summed E-state index contributed by atoms with van der Waals surface area (Å²) in [5.41, 5.74) is 0. The molecule has 60 valence electrons. The average Bonchev–Trinajstić information content (AvgIpc) is 2.34. The predicted octanol–water partition coefficient (Wildman–Crippen LogP) is -0.694. The van der Waals surface area contributed by atoms with Crippen molar-refractivity contribution in [2.45, 2.75) is 19.1 Å². The molecule has 0 saturated carbocycles. The van der Waals surface area contributed by atoms with Gasteiger partial charge in [-0.25, -0.2) is 9.78 Å². The van der Waals surface area contributed by atoms with Gasteiger partial charge in [-0.05, 0) is 0 Å². The number of hydrogen-bond donors (Lipinski definition) is 2. The topological polar surface area (TPSA) is 58.9 Å². The Morgan fingerprint density at radius 3 is 2.80 bits per heavy atom.